The molecule has 0 radical (unpaired) electrons. The maximum atomic E-state index is 13.8. The van der Waals surface area contributed by atoms with E-state index in [1.165, 1.54) is 4.90 Å². The number of rotatable bonds is 11. The Morgan fingerprint density at radius 1 is 0.929 bits per heavy atom. The second kappa shape index (κ2) is 14.3. The number of sulfonamides is 1. The van der Waals surface area contributed by atoms with Crippen molar-refractivity contribution in [2.75, 3.05) is 17.1 Å². The van der Waals surface area contributed by atoms with Crippen molar-refractivity contribution in [2.45, 2.75) is 57.7 Å². The normalized spacial score (nSPS) is 14.6. The lowest BCUT2D eigenvalue weighted by Crippen LogP contribution is -2.52. The summed E-state index contributed by atoms with van der Waals surface area (Å²) in [6.45, 7) is 1.19. The number of nitrogens with zero attached hydrogens (tertiary/aromatic N) is 2. The van der Waals surface area contributed by atoms with E-state index in [4.69, 9.17) is 27.9 Å². The quantitative estimate of drug-likeness (QED) is 0.263. The number of carbonyl (C=O) groups is 2. The van der Waals surface area contributed by atoms with Crippen LogP contribution in [0, 0.1) is 0 Å². The number of carbonyl (C=O) groups excluding carboxylic acids is 2. The van der Waals surface area contributed by atoms with E-state index in [0.29, 0.717) is 32.8 Å². The Balaban J connectivity index is 1.56. The molecule has 0 bridgehead atoms. The fraction of sp³-hybridized carbons (Fsp3) is 0.355. The number of hydrogen-bond acceptors (Lipinski definition) is 5. The van der Waals surface area contributed by atoms with Gasteiger partial charge in [0.1, 0.15) is 24.1 Å². The summed E-state index contributed by atoms with van der Waals surface area (Å²) in [6.07, 6.45) is 6.06. The zero-order valence-electron chi connectivity index (χ0n) is 23.6. The Kier molecular flexibility index (Phi) is 10.8. The Hall–Kier alpha value is -3.27. The molecule has 0 saturated heterocycles. The van der Waals surface area contributed by atoms with Gasteiger partial charge in [-0.3, -0.25) is 13.9 Å². The van der Waals surface area contributed by atoms with Gasteiger partial charge in [-0.1, -0.05) is 66.7 Å². The molecular weight excluding hydrogens is 597 g/mol. The lowest BCUT2D eigenvalue weighted by molar-refractivity contribution is -0.139. The lowest BCUT2D eigenvalue weighted by Gasteiger charge is -2.33. The first kappa shape index (κ1) is 31.7. The van der Waals surface area contributed by atoms with Gasteiger partial charge in [-0.05, 0) is 73.9 Å². The predicted octanol–water partition coefficient (Wildman–Crippen LogP) is 6.42. The summed E-state index contributed by atoms with van der Waals surface area (Å²) in [4.78, 5) is 28.5. The number of nitrogens with one attached hydrogen (secondary N) is 1. The van der Waals surface area contributed by atoms with Crippen molar-refractivity contribution in [2.24, 2.45) is 0 Å². The number of halogens is 2. The number of anilines is 1. The van der Waals surface area contributed by atoms with Crippen LogP contribution in [-0.4, -0.2) is 50.0 Å². The van der Waals surface area contributed by atoms with Gasteiger partial charge in [0.05, 0.1) is 22.0 Å². The molecule has 0 unspecified atom stereocenters. The van der Waals surface area contributed by atoms with E-state index < -0.39 is 28.5 Å². The molecule has 0 spiro atoms. The standard InChI is InChI=1S/C31H35Cl2N3O5S/c1-22(31(38)34-24-9-5-3-6-10-24)35(20-23-13-18-28(32)29(33)19-23)30(37)21-36(42(2,39)40)25-14-16-27(17-15-25)41-26-11-7-4-8-12-26/h4,7-8,11-19,22,24H,3,5-6,9-10,20-21H2,1-2H3,(H,34,38)/t22-/m1/s1. The zero-order valence-corrected chi connectivity index (χ0v) is 26.0. The van der Waals surface area contributed by atoms with Gasteiger partial charge in [0, 0.05) is 12.6 Å². The molecule has 1 atom stereocenters. The smallest absolute Gasteiger partial charge is 0.244 e. The van der Waals surface area contributed by atoms with Gasteiger partial charge in [0.25, 0.3) is 0 Å². The third kappa shape index (κ3) is 8.63. The molecule has 2 amide bonds. The van der Waals surface area contributed by atoms with Crippen molar-refractivity contribution in [1.29, 1.82) is 0 Å². The summed E-state index contributed by atoms with van der Waals surface area (Å²) in [5.74, 6) is 0.323. The molecule has 224 valence electrons. The molecule has 0 aliphatic heterocycles. The molecule has 1 aliphatic rings. The van der Waals surface area contributed by atoms with E-state index in [-0.39, 0.29) is 18.5 Å². The van der Waals surface area contributed by atoms with Gasteiger partial charge in [-0.15, -0.1) is 0 Å². The van der Waals surface area contributed by atoms with Gasteiger partial charge in [-0.25, -0.2) is 8.42 Å². The van der Waals surface area contributed by atoms with Crippen LogP contribution in [0.4, 0.5) is 5.69 Å². The number of ether oxygens (including phenoxy) is 1. The van der Waals surface area contributed by atoms with E-state index in [1.807, 2.05) is 30.3 Å². The summed E-state index contributed by atoms with van der Waals surface area (Å²) < 4.78 is 32.6. The van der Waals surface area contributed by atoms with E-state index in [0.717, 1.165) is 42.7 Å². The summed E-state index contributed by atoms with van der Waals surface area (Å²) >= 11 is 12.3. The predicted molar refractivity (Wildman–Crippen MR) is 167 cm³/mol. The third-order valence-corrected chi connectivity index (χ3v) is 9.12. The lowest BCUT2D eigenvalue weighted by atomic mass is 9.95. The van der Waals surface area contributed by atoms with Gasteiger partial charge in [-0.2, -0.15) is 0 Å². The molecular formula is C31H35Cl2N3O5S. The Bertz CT molecular complexity index is 1480. The van der Waals surface area contributed by atoms with Gasteiger partial charge in [0.2, 0.25) is 21.8 Å². The van der Waals surface area contributed by atoms with Crippen LogP contribution in [0.5, 0.6) is 11.5 Å². The van der Waals surface area contributed by atoms with Gasteiger partial charge < -0.3 is 15.0 Å². The maximum absolute atomic E-state index is 13.8. The van der Waals surface area contributed by atoms with Gasteiger partial charge >= 0.3 is 0 Å². The first-order chi connectivity index (χ1) is 20.0. The highest BCUT2D eigenvalue weighted by Gasteiger charge is 2.31. The average molecular weight is 633 g/mol. The SMILES string of the molecule is C[C@H](C(=O)NC1CCCCC1)N(Cc1ccc(Cl)c(Cl)c1)C(=O)CN(c1ccc(Oc2ccccc2)cc1)S(C)(=O)=O. The molecule has 1 aliphatic carbocycles. The van der Waals surface area contributed by atoms with Crippen LogP contribution in [-0.2, 0) is 26.2 Å². The minimum absolute atomic E-state index is 0.0381. The first-order valence-corrected chi connectivity index (χ1v) is 16.5. The minimum Gasteiger partial charge on any atom is -0.457 e. The average Bonchev–Trinajstić information content (AvgIpc) is 2.97. The van der Waals surface area contributed by atoms with Crippen LogP contribution in [0.25, 0.3) is 0 Å². The topological polar surface area (TPSA) is 96.0 Å². The fourth-order valence-electron chi connectivity index (χ4n) is 4.90. The van der Waals surface area contributed by atoms with E-state index in [2.05, 4.69) is 5.32 Å². The molecule has 42 heavy (non-hydrogen) atoms. The van der Waals surface area contributed by atoms with Crippen molar-refractivity contribution in [1.82, 2.24) is 10.2 Å². The van der Waals surface area contributed by atoms with Crippen LogP contribution in [0.15, 0.2) is 72.8 Å². The van der Waals surface area contributed by atoms with Crippen LogP contribution >= 0.6 is 23.2 Å². The van der Waals surface area contributed by atoms with Crippen LogP contribution in [0.2, 0.25) is 10.0 Å². The molecule has 1 saturated carbocycles. The molecule has 3 aromatic carbocycles. The van der Waals surface area contributed by atoms with Crippen LogP contribution in [0.3, 0.4) is 0 Å². The highest BCUT2D eigenvalue weighted by molar-refractivity contribution is 7.92. The zero-order chi connectivity index (χ0) is 30.3. The first-order valence-electron chi connectivity index (χ1n) is 13.9. The Morgan fingerprint density at radius 3 is 2.19 bits per heavy atom. The molecule has 11 heteroatoms. The van der Waals surface area contributed by atoms with Crippen molar-refractivity contribution < 1.29 is 22.7 Å². The summed E-state index contributed by atoms with van der Waals surface area (Å²) in [6, 6.07) is 19.8. The van der Waals surface area contributed by atoms with Crippen molar-refractivity contribution >= 4 is 50.7 Å². The van der Waals surface area contributed by atoms with Crippen LogP contribution in [0.1, 0.15) is 44.6 Å². The van der Waals surface area contributed by atoms with Crippen LogP contribution < -0.4 is 14.4 Å². The number of amides is 2. The van der Waals surface area contributed by atoms with Crippen molar-refractivity contribution in [3.05, 3.63) is 88.4 Å². The second-order valence-corrected chi connectivity index (χ2v) is 13.2. The number of hydrogen-bond donors (Lipinski definition) is 1. The molecule has 0 aromatic heterocycles. The number of para-hydroxylation sites is 1. The Morgan fingerprint density at radius 2 is 1.57 bits per heavy atom. The maximum Gasteiger partial charge on any atom is 0.244 e. The highest BCUT2D eigenvalue weighted by atomic mass is 35.5. The summed E-state index contributed by atoms with van der Waals surface area (Å²) in [7, 11) is -3.87. The molecule has 1 fully saturated rings. The van der Waals surface area contributed by atoms with Crippen molar-refractivity contribution in [3.63, 3.8) is 0 Å². The minimum atomic E-state index is -3.87. The Labute approximate surface area is 257 Å². The molecule has 8 nitrogen and oxygen atoms in total. The summed E-state index contributed by atoms with van der Waals surface area (Å²) in [5.41, 5.74) is 0.948. The van der Waals surface area contributed by atoms with E-state index >= 15 is 0 Å². The van der Waals surface area contributed by atoms with Gasteiger partial charge in [0.15, 0.2) is 0 Å². The monoisotopic (exact) mass is 631 g/mol. The molecule has 3 aromatic rings. The summed E-state index contributed by atoms with van der Waals surface area (Å²) in [5, 5.41) is 3.76. The van der Waals surface area contributed by atoms with Crippen molar-refractivity contribution in [3.8, 4) is 11.5 Å². The fourth-order valence-corrected chi connectivity index (χ4v) is 6.08. The molecule has 1 N–H and O–H groups in total. The van der Waals surface area contributed by atoms with E-state index in [1.54, 1.807) is 49.4 Å². The molecule has 0 heterocycles. The number of benzene rings is 3. The largest absolute Gasteiger partial charge is 0.457 e. The van der Waals surface area contributed by atoms with E-state index in [9.17, 15) is 18.0 Å². The third-order valence-electron chi connectivity index (χ3n) is 7.24. The highest BCUT2D eigenvalue weighted by Crippen LogP contribution is 2.27. The second-order valence-electron chi connectivity index (χ2n) is 10.5. The molecule has 4 rings (SSSR count).